The molecule has 15 heteroatoms. The molecule has 0 spiro atoms. The van der Waals surface area contributed by atoms with Crippen LogP contribution in [0.25, 0.3) is 22.3 Å². The molecule has 0 aliphatic carbocycles. The van der Waals surface area contributed by atoms with E-state index in [4.69, 9.17) is 15.6 Å². The molecule has 4 amide bonds. The van der Waals surface area contributed by atoms with Crippen molar-refractivity contribution in [2.75, 3.05) is 56.4 Å². The molecule has 2 atom stereocenters. The zero-order valence-corrected chi connectivity index (χ0v) is 33.4. The quantitative estimate of drug-likeness (QED) is 0.194. The van der Waals surface area contributed by atoms with Gasteiger partial charge in [-0.3, -0.25) is 34.3 Å². The number of nitrogens with zero attached hydrogens (tertiary/aromatic N) is 8. The van der Waals surface area contributed by atoms with E-state index in [1.54, 1.807) is 12.1 Å². The highest BCUT2D eigenvalue weighted by Gasteiger charge is 2.45. The third-order valence-electron chi connectivity index (χ3n) is 13.2. The van der Waals surface area contributed by atoms with Crippen LogP contribution in [-0.4, -0.2) is 116 Å². The van der Waals surface area contributed by atoms with E-state index in [-0.39, 0.29) is 24.8 Å². The number of carbonyl (C=O) groups is 4. The second-order valence-electron chi connectivity index (χ2n) is 16.8. The number of benzene rings is 3. The summed E-state index contributed by atoms with van der Waals surface area (Å²) in [5, 5.41) is 8.18. The van der Waals surface area contributed by atoms with Gasteiger partial charge in [0.15, 0.2) is 5.65 Å². The fraction of sp³-hybridized carbons (Fsp3) is 0.400. The standard InChI is InChI=1S/C45H48N10O5/c46-41-39-40(29-6-9-34(10-7-29)60-33-4-2-1-3-5-33)50-55(42(39)48-27-47-41)30-17-22-53(23-18-30)32-16-19-51(26-32)25-28-14-20-52(21-15-28)31-8-11-35-36(24-31)45(59)54(44(35)58)37-12-13-38(56)49-43(37)57/h1-11,24,27-28,30,32,37H,12-23,25-26H2,(H2,46,47,48)(H,49,56,57). The van der Waals surface area contributed by atoms with Gasteiger partial charge in [0.2, 0.25) is 11.8 Å². The van der Waals surface area contributed by atoms with E-state index in [2.05, 4.69) is 34.7 Å². The van der Waals surface area contributed by atoms with Crippen LogP contribution >= 0.6 is 0 Å². The number of amides is 4. The summed E-state index contributed by atoms with van der Waals surface area (Å²) in [7, 11) is 0. The smallest absolute Gasteiger partial charge is 0.262 e. The molecule has 5 aromatic rings. The maximum Gasteiger partial charge on any atom is 0.262 e. The SMILES string of the molecule is Nc1ncnc2c1c(-c1ccc(Oc3ccccc3)cc1)nn2C1CCN(C2CCN(CC3CCN(c4ccc5c(c4)C(=O)N(C4CCC(=O)NC4=O)C5=O)CC3)C2)CC1. The summed E-state index contributed by atoms with van der Waals surface area (Å²) in [6, 6.07) is 22.9. The van der Waals surface area contributed by atoms with Crippen molar-refractivity contribution in [2.24, 2.45) is 5.92 Å². The average molecular weight is 809 g/mol. The van der Waals surface area contributed by atoms with Gasteiger partial charge in [-0.15, -0.1) is 0 Å². The predicted molar refractivity (Wildman–Crippen MR) is 224 cm³/mol. The van der Waals surface area contributed by atoms with Crippen molar-refractivity contribution in [1.29, 1.82) is 0 Å². The molecule has 7 heterocycles. The van der Waals surface area contributed by atoms with Gasteiger partial charge in [0.1, 0.15) is 35.4 Å². The summed E-state index contributed by atoms with van der Waals surface area (Å²) >= 11 is 0. The van der Waals surface area contributed by atoms with Gasteiger partial charge >= 0.3 is 0 Å². The Bertz CT molecular complexity index is 2460. The van der Waals surface area contributed by atoms with Gasteiger partial charge in [-0.1, -0.05) is 18.2 Å². The highest BCUT2D eigenvalue weighted by Crippen LogP contribution is 2.37. The third kappa shape index (κ3) is 7.15. The zero-order chi connectivity index (χ0) is 40.9. The molecule has 10 rings (SSSR count). The summed E-state index contributed by atoms with van der Waals surface area (Å²) in [5.74, 6) is 0.631. The molecule has 2 aromatic heterocycles. The number of nitrogens with two attached hydrogens (primary N) is 1. The molecule has 5 aliphatic rings. The highest BCUT2D eigenvalue weighted by atomic mass is 16.5. The number of hydrogen-bond acceptors (Lipinski definition) is 12. The summed E-state index contributed by atoms with van der Waals surface area (Å²) < 4.78 is 8.10. The van der Waals surface area contributed by atoms with Crippen LogP contribution in [0.4, 0.5) is 11.5 Å². The number of fused-ring (bicyclic) bond motifs is 2. The lowest BCUT2D eigenvalue weighted by molar-refractivity contribution is -0.136. The van der Waals surface area contributed by atoms with Crippen LogP contribution in [0.3, 0.4) is 0 Å². The zero-order valence-electron chi connectivity index (χ0n) is 33.4. The lowest BCUT2D eigenvalue weighted by Crippen LogP contribution is -2.54. The van der Waals surface area contributed by atoms with E-state index in [0.717, 1.165) is 116 Å². The van der Waals surface area contributed by atoms with E-state index < -0.39 is 23.8 Å². The number of hydrogen-bond donors (Lipinski definition) is 2. The van der Waals surface area contributed by atoms with Crippen LogP contribution in [0.5, 0.6) is 11.5 Å². The van der Waals surface area contributed by atoms with Gasteiger partial charge in [0.05, 0.1) is 22.6 Å². The van der Waals surface area contributed by atoms with Gasteiger partial charge in [0, 0.05) is 63.0 Å². The van der Waals surface area contributed by atoms with Crippen LogP contribution in [0, 0.1) is 5.92 Å². The molecular formula is C45H48N10O5. The van der Waals surface area contributed by atoms with Crippen LogP contribution in [0.15, 0.2) is 79.1 Å². The Morgan fingerprint density at radius 1 is 0.750 bits per heavy atom. The predicted octanol–water partition coefficient (Wildman–Crippen LogP) is 4.90. The molecule has 0 radical (unpaired) electrons. The first-order valence-corrected chi connectivity index (χ1v) is 21.2. The number of rotatable bonds is 9. The average Bonchev–Trinajstić information content (AvgIpc) is 3.97. The highest BCUT2D eigenvalue weighted by molar-refractivity contribution is 6.23. The van der Waals surface area contributed by atoms with Crippen LogP contribution in [-0.2, 0) is 9.59 Å². The number of nitrogen functional groups attached to an aromatic ring is 1. The lowest BCUT2D eigenvalue weighted by atomic mass is 9.95. The Morgan fingerprint density at radius 3 is 2.25 bits per heavy atom. The number of para-hydroxylation sites is 1. The second-order valence-corrected chi connectivity index (χ2v) is 16.8. The van der Waals surface area contributed by atoms with Crippen molar-refractivity contribution in [3.05, 3.63) is 90.3 Å². The number of carbonyl (C=O) groups excluding carboxylic acids is 4. The molecular weight excluding hydrogens is 761 g/mol. The Hall–Kier alpha value is -6.19. The monoisotopic (exact) mass is 808 g/mol. The Balaban J connectivity index is 0.721. The first-order valence-electron chi connectivity index (χ1n) is 21.2. The van der Waals surface area contributed by atoms with Crippen molar-refractivity contribution in [3.63, 3.8) is 0 Å². The summed E-state index contributed by atoms with van der Waals surface area (Å²) in [5.41, 5.74) is 10.5. The normalized spacial score (nSPS) is 22.2. The maximum absolute atomic E-state index is 13.4. The fourth-order valence-electron chi connectivity index (χ4n) is 9.92. The van der Waals surface area contributed by atoms with Gasteiger partial charge in [-0.2, -0.15) is 5.10 Å². The summed E-state index contributed by atoms with van der Waals surface area (Å²) in [6.07, 6.45) is 7.02. The molecule has 4 fully saturated rings. The summed E-state index contributed by atoms with van der Waals surface area (Å²) in [6.45, 7) is 7.03. The molecule has 60 heavy (non-hydrogen) atoms. The molecule has 0 bridgehead atoms. The Morgan fingerprint density at radius 2 is 1.48 bits per heavy atom. The number of piperidine rings is 3. The number of imide groups is 2. The minimum absolute atomic E-state index is 0.101. The molecule has 0 saturated carbocycles. The number of nitrogens with one attached hydrogen (secondary N) is 1. The van der Waals surface area contributed by atoms with Crippen LogP contribution < -0.4 is 20.7 Å². The van der Waals surface area contributed by atoms with E-state index in [1.807, 2.05) is 60.7 Å². The Labute approximate surface area is 347 Å². The van der Waals surface area contributed by atoms with Crippen molar-refractivity contribution in [3.8, 4) is 22.8 Å². The molecule has 308 valence electrons. The van der Waals surface area contributed by atoms with Gasteiger partial charge in [-0.25, -0.2) is 14.6 Å². The summed E-state index contributed by atoms with van der Waals surface area (Å²) in [4.78, 5) is 68.3. The second kappa shape index (κ2) is 15.8. The van der Waals surface area contributed by atoms with E-state index in [1.165, 1.54) is 12.7 Å². The lowest BCUT2D eigenvalue weighted by Gasteiger charge is -2.37. The van der Waals surface area contributed by atoms with Crippen molar-refractivity contribution >= 4 is 46.2 Å². The molecule has 15 nitrogen and oxygen atoms in total. The number of anilines is 2. The number of aromatic nitrogens is 4. The first kappa shape index (κ1) is 38.0. The molecule has 5 aliphatic heterocycles. The van der Waals surface area contributed by atoms with Gasteiger partial charge < -0.3 is 20.3 Å². The number of likely N-dealkylation sites (tertiary alicyclic amines) is 2. The largest absolute Gasteiger partial charge is 0.457 e. The molecule has 3 N–H and O–H groups in total. The van der Waals surface area contributed by atoms with E-state index in [0.29, 0.717) is 28.9 Å². The van der Waals surface area contributed by atoms with Crippen molar-refractivity contribution in [1.82, 2.24) is 39.8 Å². The van der Waals surface area contributed by atoms with Gasteiger partial charge in [0.25, 0.3) is 11.8 Å². The van der Waals surface area contributed by atoms with E-state index >= 15 is 0 Å². The fourth-order valence-corrected chi connectivity index (χ4v) is 9.92. The van der Waals surface area contributed by atoms with Crippen LogP contribution in [0.2, 0.25) is 0 Å². The van der Waals surface area contributed by atoms with Crippen molar-refractivity contribution in [2.45, 2.75) is 63.1 Å². The van der Waals surface area contributed by atoms with Crippen LogP contribution in [0.1, 0.15) is 71.7 Å². The first-order chi connectivity index (χ1) is 29.3. The van der Waals surface area contributed by atoms with E-state index in [9.17, 15) is 19.2 Å². The molecule has 2 unspecified atom stereocenters. The third-order valence-corrected chi connectivity index (χ3v) is 13.2. The topological polar surface area (TPSA) is 172 Å². The van der Waals surface area contributed by atoms with Crippen molar-refractivity contribution < 1.29 is 23.9 Å². The molecule has 4 saturated heterocycles. The molecule has 3 aromatic carbocycles. The van der Waals surface area contributed by atoms with Gasteiger partial charge in [-0.05, 0) is 106 Å². The minimum Gasteiger partial charge on any atom is -0.457 e. The number of ether oxygens (including phenoxy) is 1. The minimum atomic E-state index is -0.962. The Kier molecular flexibility index (Phi) is 10.00. The maximum atomic E-state index is 13.4.